The Labute approximate surface area is 177 Å². The normalized spacial score (nSPS) is 18.2. The third-order valence-corrected chi connectivity index (χ3v) is 5.32. The number of likely N-dealkylation sites (tertiary alicyclic amines) is 1. The van der Waals surface area contributed by atoms with Crippen LogP contribution in [0.2, 0.25) is 0 Å². The van der Waals surface area contributed by atoms with E-state index in [9.17, 15) is 19.5 Å². The summed E-state index contributed by atoms with van der Waals surface area (Å²) in [5.74, 6) is -1.36. The minimum absolute atomic E-state index is 0.00849. The van der Waals surface area contributed by atoms with Crippen LogP contribution in [-0.2, 0) is 25.8 Å². The van der Waals surface area contributed by atoms with Crippen LogP contribution in [0.25, 0.3) is 0 Å². The molecule has 0 bridgehead atoms. The molecule has 1 unspecified atom stereocenters. The van der Waals surface area contributed by atoms with Gasteiger partial charge in [0.2, 0.25) is 5.91 Å². The highest BCUT2D eigenvalue weighted by molar-refractivity contribution is 5.89. The molecular weight excluding hydrogens is 386 g/mol. The summed E-state index contributed by atoms with van der Waals surface area (Å²) in [4.78, 5) is 43.5. The van der Waals surface area contributed by atoms with Crippen LogP contribution in [0.5, 0.6) is 0 Å². The first-order valence-corrected chi connectivity index (χ1v) is 10.6. The fraction of sp³-hybridized carbons (Fsp3) is 0.591. The highest BCUT2D eigenvalue weighted by Crippen LogP contribution is 2.18. The van der Waals surface area contributed by atoms with Crippen molar-refractivity contribution >= 4 is 17.7 Å². The van der Waals surface area contributed by atoms with Gasteiger partial charge in [-0.15, -0.1) is 0 Å². The van der Waals surface area contributed by atoms with Gasteiger partial charge < -0.3 is 10.0 Å². The number of carboxylic acid groups (broad SMARTS) is 1. The average molecular weight is 420 g/mol. The molecule has 1 saturated heterocycles. The van der Waals surface area contributed by atoms with Crippen molar-refractivity contribution in [3.63, 3.8) is 0 Å². The lowest BCUT2D eigenvalue weighted by Crippen LogP contribution is -2.51. The van der Waals surface area contributed by atoms with Gasteiger partial charge in [0.1, 0.15) is 6.04 Å². The van der Waals surface area contributed by atoms with Crippen LogP contribution < -0.4 is 10.8 Å². The predicted octanol–water partition coefficient (Wildman–Crippen LogP) is 1.89. The number of unbranched alkanes of at least 4 members (excludes halogenated alkanes) is 1. The smallest absolute Gasteiger partial charge is 0.326 e. The molecule has 1 aromatic rings. The van der Waals surface area contributed by atoms with Crippen LogP contribution in [0.15, 0.2) is 30.3 Å². The standard InChI is InChI=1S/C22H33N3O5/c1-3-4-11-18(24-30-15-17-9-6-5-7-10-17)20(26)14-23-16(2)21(27)25-13-8-12-19(25)22(28)29/h5-7,9-10,16,18-19,23-24H,3-4,8,11-15H2,1-2H3,(H,28,29)/t16-,18?,19-/m0/s1. The van der Waals surface area contributed by atoms with E-state index in [1.165, 1.54) is 4.90 Å². The highest BCUT2D eigenvalue weighted by atomic mass is 16.6. The largest absolute Gasteiger partial charge is 0.480 e. The molecule has 3 atom stereocenters. The van der Waals surface area contributed by atoms with Crippen molar-refractivity contribution in [1.29, 1.82) is 0 Å². The maximum Gasteiger partial charge on any atom is 0.326 e. The number of carbonyl (C=O) groups is 3. The summed E-state index contributed by atoms with van der Waals surface area (Å²) in [6.45, 7) is 4.51. The van der Waals surface area contributed by atoms with Crippen LogP contribution in [0.1, 0.15) is 51.5 Å². The maximum atomic E-state index is 12.7. The Kier molecular flexibility index (Phi) is 9.93. The van der Waals surface area contributed by atoms with Crippen LogP contribution >= 0.6 is 0 Å². The number of rotatable bonds is 13. The third kappa shape index (κ3) is 7.19. The van der Waals surface area contributed by atoms with E-state index in [1.54, 1.807) is 6.92 Å². The molecule has 1 amide bonds. The van der Waals surface area contributed by atoms with Crippen LogP contribution in [0, 0.1) is 0 Å². The summed E-state index contributed by atoms with van der Waals surface area (Å²) in [7, 11) is 0. The van der Waals surface area contributed by atoms with Gasteiger partial charge in [-0.1, -0.05) is 50.1 Å². The maximum absolute atomic E-state index is 12.7. The first-order chi connectivity index (χ1) is 14.4. The Morgan fingerprint density at radius 1 is 1.27 bits per heavy atom. The lowest BCUT2D eigenvalue weighted by molar-refractivity contribution is -0.149. The Morgan fingerprint density at radius 2 is 2.00 bits per heavy atom. The molecule has 0 aliphatic carbocycles. The molecule has 0 radical (unpaired) electrons. The number of amides is 1. The number of Topliss-reactive ketones (excluding diaryl/α,β-unsaturated/α-hetero) is 1. The van der Waals surface area contributed by atoms with Crippen molar-refractivity contribution < 1.29 is 24.3 Å². The summed E-state index contributed by atoms with van der Waals surface area (Å²) in [5.41, 5.74) is 3.87. The summed E-state index contributed by atoms with van der Waals surface area (Å²) in [6, 6.07) is 7.80. The van der Waals surface area contributed by atoms with E-state index in [0.717, 1.165) is 18.4 Å². The Bertz CT molecular complexity index is 697. The number of carboxylic acids is 1. The topological polar surface area (TPSA) is 108 Å². The Balaban J connectivity index is 1.83. The van der Waals surface area contributed by atoms with E-state index in [4.69, 9.17) is 4.84 Å². The number of hydrogen-bond donors (Lipinski definition) is 3. The second kappa shape index (κ2) is 12.4. The summed E-state index contributed by atoms with van der Waals surface area (Å²) in [5, 5.41) is 12.2. The summed E-state index contributed by atoms with van der Waals surface area (Å²) < 4.78 is 0. The van der Waals surface area contributed by atoms with E-state index < -0.39 is 24.1 Å². The van der Waals surface area contributed by atoms with Crippen molar-refractivity contribution in [2.45, 2.75) is 70.7 Å². The first-order valence-electron chi connectivity index (χ1n) is 10.6. The zero-order chi connectivity index (χ0) is 21.9. The van der Waals surface area contributed by atoms with E-state index in [0.29, 0.717) is 32.4 Å². The molecule has 0 saturated carbocycles. The fourth-order valence-corrected chi connectivity index (χ4v) is 3.49. The van der Waals surface area contributed by atoms with Gasteiger partial charge >= 0.3 is 5.97 Å². The fourth-order valence-electron chi connectivity index (χ4n) is 3.49. The summed E-state index contributed by atoms with van der Waals surface area (Å²) in [6.07, 6.45) is 3.62. The second-order valence-electron chi connectivity index (χ2n) is 7.68. The van der Waals surface area contributed by atoms with Crippen molar-refractivity contribution in [3.8, 4) is 0 Å². The molecule has 1 aromatic carbocycles. The number of benzene rings is 1. The van der Waals surface area contributed by atoms with Gasteiger partial charge in [-0.2, -0.15) is 5.48 Å². The van der Waals surface area contributed by atoms with E-state index in [-0.39, 0.29) is 18.2 Å². The first kappa shape index (κ1) is 24.0. The molecule has 0 spiro atoms. The number of aliphatic carboxylic acids is 1. The molecule has 1 fully saturated rings. The SMILES string of the molecule is CCCCC(NOCc1ccccc1)C(=O)CN[C@@H](C)C(=O)N1CCC[C@H]1C(=O)O. The highest BCUT2D eigenvalue weighted by Gasteiger charge is 2.35. The number of hydroxylamine groups is 1. The number of nitrogens with zero attached hydrogens (tertiary/aromatic N) is 1. The molecule has 1 heterocycles. The van der Waals surface area contributed by atoms with Crippen molar-refractivity contribution in [3.05, 3.63) is 35.9 Å². The van der Waals surface area contributed by atoms with Crippen molar-refractivity contribution in [1.82, 2.24) is 15.7 Å². The molecule has 0 aromatic heterocycles. The third-order valence-electron chi connectivity index (χ3n) is 5.32. The molecule has 1 aliphatic rings. The average Bonchev–Trinajstić information content (AvgIpc) is 3.24. The number of nitrogens with one attached hydrogen (secondary N) is 2. The van der Waals surface area contributed by atoms with Crippen LogP contribution in [-0.4, -0.2) is 58.9 Å². The molecule has 30 heavy (non-hydrogen) atoms. The number of ketones is 1. The lowest BCUT2D eigenvalue weighted by Gasteiger charge is -2.25. The van der Waals surface area contributed by atoms with Crippen LogP contribution in [0.4, 0.5) is 0 Å². The zero-order valence-corrected chi connectivity index (χ0v) is 17.8. The molecule has 2 rings (SSSR count). The minimum Gasteiger partial charge on any atom is -0.480 e. The molecule has 8 heteroatoms. The molecule has 166 valence electrons. The van der Waals surface area contributed by atoms with Gasteiger partial charge in [0.25, 0.3) is 0 Å². The quantitative estimate of drug-likeness (QED) is 0.419. The minimum atomic E-state index is -0.983. The van der Waals surface area contributed by atoms with E-state index in [2.05, 4.69) is 17.7 Å². The Morgan fingerprint density at radius 3 is 2.67 bits per heavy atom. The summed E-state index contributed by atoms with van der Waals surface area (Å²) >= 11 is 0. The van der Waals surface area contributed by atoms with Gasteiger partial charge in [-0.25, -0.2) is 4.79 Å². The lowest BCUT2D eigenvalue weighted by atomic mass is 10.1. The zero-order valence-electron chi connectivity index (χ0n) is 17.8. The number of hydrogen-bond acceptors (Lipinski definition) is 6. The van der Waals surface area contributed by atoms with Gasteiger partial charge in [0, 0.05) is 6.54 Å². The van der Waals surface area contributed by atoms with E-state index >= 15 is 0 Å². The van der Waals surface area contributed by atoms with Gasteiger partial charge in [-0.05, 0) is 31.7 Å². The second-order valence-corrected chi connectivity index (χ2v) is 7.68. The van der Waals surface area contributed by atoms with Crippen molar-refractivity contribution in [2.24, 2.45) is 0 Å². The molecule has 8 nitrogen and oxygen atoms in total. The van der Waals surface area contributed by atoms with Crippen LogP contribution in [0.3, 0.4) is 0 Å². The predicted molar refractivity (Wildman–Crippen MR) is 113 cm³/mol. The van der Waals surface area contributed by atoms with E-state index in [1.807, 2.05) is 30.3 Å². The Hall–Kier alpha value is -2.29. The molecule has 1 aliphatic heterocycles. The van der Waals surface area contributed by atoms with Gasteiger partial charge in [0.05, 0.1) is 25.2 Å². The van der Waals surface area contributed by atoms with Gasteiger partial charge in [0.15, 0.2) is 5.78 Å². The number of carbonyl (C=O) groups excluding carboxylic acids is 2. The molecular formula is C22H33N3O5. The van der Waals surface area contributed by atoms with Crippen molar-refractivity contribution in [2.75, 3.05) is 13.1 Å². The monoisotopic (exact) mass is 419 g/mol. The molecule has 3 N–H and O–H groups in total. The van der Waals surface area contributed by atoms with Gasteiger partial charge in [-0.3, -0.25) is 19.7 Å².